The molecule has 1 unspecified atom stereocenters. The minimum Gasteiger partial charge on any atom is -0.384 e. The first kappa shape index (κ1) is 15.7. The van der Waals surface area contributed by atoms with E-state index in [2.05, 4.69) is 15.6 Å². The standard InChI is InChI=1S/C10H17N3OS.HI/c1-10(14,8-4-5-15-6-8)7-13-9(11-2)12-3;/h4-6,14H,7H2,1-3H3,(H2,11,12,13);1H. The van der Waals surface area contributed by atoms with Gasteiger partial charge in [0.25, 0.3) is 0 Å². The molecule has 1 atom stereocenters. The Kier molecular flexibility index (Phi) is 6.93. The molecule has 0 saturated heterocycles. The van der Waals surface area contributed by atoms with Crippen molar-refractivity contribution in [2.75, 3.05) is 20.6 Å². The summed E-state index contributed by atoms with van der Waals surface area (Å²) >= 11 is 1.58. The van der Waals surface area contributed by atoms with Gasteiger partial charge >= 0.3 is 0 Å². The van der Waals surface area contributed by atoms with E-state index in [1.165, 1.54) is 0 Å². The van der Waals surface area contributed by atoms with Gasteiger partial charge in [0.1, 0.15) is 5.60 Å². The van der Waals surface area contributed by atoms with Crippen LogP contribution in [0.2, 0.25) is 0 Å². The van der Waals surface area contributed by atoms with Gasteiger partial charge < -0.3 is 15.7 Å². The molecule has 1 aromatic rings. The molecule has 0 saturated carbocycles. The molecule has 0 radical (unpaired) electrons. The highest BCUT2D eigenvalue weighted by molar-refractivity contribution is 14.0. The predicted octanol–water partition coefficient (Wildman–Crippen LogP) is 1.37. The molecule has 1 rings (SSSR count). The van der Waals surface area contributed by atoms with Gasteiger partial charge in [-0.2, -0.15) is 11.3 Å². The van der Waals surface area contributed by atoms with Crippen LogP contribution in [0.15, 0.2) is 21.8 Å². The number of nitrogens with one attached hydrogen (secondary N) is 2. The molecule has 3 N–H and O–H groups in total. The first-order chi connectivity index (χ1) is 7.10. The molecule has 0 aliphatic rings. The van der Waals surface area contributed by atoms with Crippen molar-refractivity contribution in [1.29, 1.82) is 0 Å². The number of aliphatic imine (C=N–C) groups is 1. The van der Waals surface area contributed by atoms with Gasteiger partial charge in [0.05, 0.1) is 6.54 Å². The zero-order chi connectivity index (χ0) is 11.3. The minimum atomic E-state index is -0.868. The monoisotopic (exact) mass is 355 g/mol. The fourth-order valence-corrected chi connectivity index (χ4v) is 1.99. The van der Waals surface area contributed by atoms with Crippen LogP contribution < -0.4 is 10.6 Å². The lowest BCUT2D eigenvalue weighted by molar-refractivity contribution is 0.0622. The molecule has 0 amide bonds. The van der Waals surface area contributed by atoms with Gasteiger partial charge in [-0.1, -0.05) is 0 Å². The molecule has 1 aromatic heterocycles. The Balaban J connectivity index is 0.00000225. The third kappa shape index (κ3) is 4.26. The Morgan fingerprint density at radius 1 is 1.62 bits per heavy atom. The number of hydrogen-bond acceptors (Lipinski definition) is 3. The summed E-state index contributed by atoms with van der Waals surface area (Å²) in [6.07, 6.45) is 0. The van der Waals surface area contributed by atoms with Gasteiger partial charge in [-0.05, 0) is 29.3 Å². The SMILES string of the molecule is CN=C(NC)NCC(C)(O)c1ccsc1.I. The number of halogens is 1. The Morgan fingerprint density at radius 2 is 2.31 bits per heavy atom. The van der Waals surface area contributed by atoms with Crippen molar-refractivity contribution >= 4 is 41.3 Å². The van der Waals surface area contributed by atoms with Gasteiger partial charge in [-0.3, -0.25) is 4.99 Å². The predicted molar refractivity (Wildman–Crippen MR) is 79.7 cm³/mol. The van der Waals surface area contributed by atoms with E-state index in [9.17, 15) is 5.11 Å². The first-order valence-electron chi connectivity index (χ1n) is 4.73. The van der Waals surface area contributed by atoms with Crippen LogP contribution in [-0.4, -0.2) is 31.7 Å². The summed E-state index contributed by atoms with van der Waals surface area (Å²) in [5.41, 5.74) is 0.0545. The summed E-state index contributed by atoms with van der Waals surface area (Å²) in [5, 5.41) is 20.0. The van der Waals surface area contributed by atoms with Gasteiger partial charge in [-0.15, -0.1) is 24.0 Å². The molecule has 92 valence electrons. The van der Waals surface area contributed by atoms with Gasteiger partial charge in [0, 0.05) is 14.1 Å². The molecule has 6 heteroatoms. The van der Waals surface area contributed by atoms with Gasteiger partial charge in [0.2, 0.25) is 0 Å². The van der Waals surface area contributed by atoms with Crippen LogP contribution in [0.3, 0.4) is 0 Å². The highest BCUT2D eigenvalue weighted by Gasteiger charge is 2.23. The molecular formula is C10H18IN3OS. The van der Waals surface area contributed by atoms with E-state index in [0.717, 1.165) is 5.56 Å². The molecule has 0 bridgehead atoms. The first-order valence-corrected chi connectivity index (χ1v) is 5.68. The van der Waals surface area contributed by atoms with Crippen LogP contribution in [-0.2, 0) is 5.60 Å². The van der Waals surface area contributed by atoms with Crippen molar-refractivity contribution in [3.63, 3.8) is 0 Å². The van der Waals surface area contributed by atoms with Crippen molar-refractivity contribution in [2.45, 2.75) is 12.5 Å². The van der Waals surface area contributed by atoms with Crippen LogP contribution in [0.25, 0.3) is 0 Å². The molecule has 0 fully saturated rings. The van der Waals surface area contributed by atoms with E-state index in [-0.39, 0.29) is 24.0 Å². The fourth-order valence-electron chi connectivity index (χ4n) is 1.21. The lowest BCUT2D eigenvalue weighted by Crippen LogP contribution is -2.43. The van der Waals surface area contributed by atoms with Crippen LogP contribution in [0.4, 0.5) is 0 Å². The number of guanidine groups is 1. The maximum Gasteiger partial charge on any atom is 0.190 e. The third-order valence-electron chi connectivity index (χ3n) is 2.20. The van der Waals surface area contributed by atoms with Crippen LogP contribution in [0, 0.1) is 0 Å². The molecule has 0 spiro atoms. The summed E-state index contributed by atoms with van der Waals surface area (Å²) in [7, 11) is 3.48. The van der Waals surface area contributed by atoms with Crippen LogP contribution >= 0.6 is 35.3 Å². The molecule has 0 aliphatic heterocycles. The summed E-state index contributed by atoms with van der Waals surface area (Å²) in [4.78, 5) is 3.98. The van der Waals surface area contributed by atoms with Crippen molar-refractivity contribution in [3.05, 3.63) is 22.4 Å². The largest absolute Gasteiger partial charge is 0.384 e. The molecule has 1 heterocycles. The number of thiophene rings is 1. The summed E-state index contributed by atoms with van der Waals surface area (Å²) < 4.78 is 0. The summed E-state index contributed by atoms with van der Waals surface area (Å²) in [6.45, 7) is 2.21. The van der Waals surface area contributed by atoms with Crippen molar-refractivity contribution < 1.29 is 5.11 Å². The van der Waals surface area contributed by atoms with E-state index in [0.29, 0.717) is 12.5 Å². The summed E-state index contributed by atoms with van der Waals surface area (Å²) in [6, 6.07) is 1.93. The summed E-state index contributed by atoms with van der Waals surface area (Å²) in [5.74, 6) is 0.672. The molecule has 0 aliphatic carbocycles. The average molecular weight is 355 g/mol. The second kappa shape index (κ2) is 7.08. The molecule has 0 aromatic carbocycles. The van der Waals surface area contributed by atoms with E-state index in [4.69, 9.17) is 0 Å². The van der Waals surface area contributed by atoms with Crippen molar-refractivity contribution in [2.24, 2.45) is 4.99 Å². The zero-order valence-electron chi connectivity index (χ0n) is 9.65. The fraction of sp³-hybridized carbons (Fsp3) is 0.500. The van der Waals surface area contributed by atoms with Gasteiger partial charge in [-0.25, -0.2) is 0 Å². The maximum atomic E-state index is 10.2. The van der Waals surface area contributed by atoms with Crippen molar-refractivity contribution in [3.8, 4) is 0 Å². The lowest BCUT2D eigenvalue weighted by atomic mass is 9.99. The normalized spacial score (nSPS) is 14.9. The molecule has 4 nitrogen and oxygen atoms in total. The van der Waals surface area contributed by atoms with Gasteiger partial charge in [0.15, 0.2) is 5.96 Å². The number of rotatable bonds is 3. The second-order valence-electron chi connectivity index (χ2n) is 3.46. The second-order valence-corrected chi connectivity index (χ2v) is 4.24. The smallest absolute Gasteiger partial charge is 0.190 e. The van der Waals surface area contributed by atoms with Crippen LogP contribution in [0.5, 0.6) is 0 Å². The topological polar surface area (TPSA) is 56.7 Å². The van der Waals surface area contributed by atoms with E-state index >= 15 is 0 Å². The number of nitrogens with zero attached hydrogens (tertiary/aromatic N) is 1. The van der Waals surface area contributed by atoms with E-state index in [1.807, 2.05) is 16.8 Å². The zero-order valence-corrected chi connectivity index (χ0v) is 12.8. The Bertz CT molecular complexity index is 325. The number of aliphatic hydroxyl groups is 1. The van der Waals surface area contributed by atoms with Crippen LogP contribution in [0.1, 0.15) is 12.5 Å². The molecular weight excluding hydrogens is 337 g/mol. The number of hydrogen-bond donors (Lipinski definition) is 3. The third-order valence-corrected chi connectivity index (χ3v) is 2.89. The molecule has 16 heavy (non-hydrogen) atoms. The quantitative estimate of drug-likeness (QED) is 0.436. The highest BCUT2D eigenvalue weighted by Crippen LogP contribution is 2.21. The Labute approximate surface area is 117 Å². The lowest BCUT2D eigenvalue weighted by Gasteiger charge is -2.23. The maximum absolute atomic E-state index is 10.2. The Morgan fingerprint density at radius 3 is 2.75 bits per heavy atom. The average Bonchev–Trinajstić information content (AvgIpc) is 2.72. The van der Waals surface area contributed by atoms with E-state index < -0.39 is 5.60 Å². The highest BCUT2D eigenvalue weighted by atomic mass is 127. The van der Waals surface area contributed by atoms with E-state index in [1.54, 1.807) is 32.4 Å². The minimum absolute atomic E-state index is 0. The van der Waals surface area contributed by atoms with Crippen molar-refractivity contribution in [1.82, 2.24) is 10.6 Å². The Hall–Kier alpha value is -0.340.